The van der Waals surface area contributed by atoms with Crippen molar-refractivity contribution in [3.8, 4) is 0 Å². The number of nitrogens with one attached hydrogen (secondary N) is 1. The number of phosphoric ester groups is 1. The summed E-state index contributed by atoms with van der Waals surface area (Å²) in [6, 6.07) is -0.873. The second kappa shape index (κ2) is 61.8. The van der Waals surface area contributed by atoms with Crippen molar-refractivity contribution in [2.24, 2.45) is 0 Å². The first-order valence-corrected chi connectivity index (χ1v) is 36.2. The molecule has 0 heterocycles. The summed E-state index contributed by atoms with van der Waals surface area (Å²) >= 11 is 0. The molecule has 3 atom stereocenters. The number of phosphoric acid groups is 1. The number of unbranched alkanes of at least 4 members (excludes halogenated alkanes) is 43. The number of quaternary nitrogens is 1. The van der Waals surface area contributed by atoms with Gasteiger partial charge in [0, 0.05) is 6.42 Å². The minimum absolute atomic E-state index is 0.0529. The van der Waals surface area contributed by atoms with Gasteiger partial charge in [-0.2, -0.15) is 0 Å². The lowest BCUT2D eigenvalue weighted by Crippen LogP contribution is -2.45. The molecule has 9 heteroatoms. The minimum atomic E-state index is -4.37. The molecule has 0 aliphatic rings. The van der Waals surface area contributed by atoms with Crippen LogP contribution in [-0.2, 0) is 18.4 Å². The molecule has 0 aliphatic heterocycles. The highest BCUT2D eigenvalue weighted by molar-refractivity contribution is 7.47. The van der Waals surface area contributed by atoms with Gasteiger partial charge in [0.05, 0.1) is 39.9 Å². The average Bonchev–Trinajstić information content (AvgIpc) is 3.42. The first-order valence-electron chi connectivity index (χ1n) is 34.7. The maximum absolute atomic E-state index is 13.0. The van der Waals surface area contributed by atoms with E-state index < -0.39 is 20.0 Å². The van der Waals surface area contributed by atoms with Crippen molar-refractivity contribution in [3.63, 3.8) is 0 Å². The third-order valence-electron chi connectivity index (χ3n) is 15.7. The van der Waals surface area contributed by atoms with Gasteiger partial charge in [-0.15, -0.1) is 0 Å². The number of nitrogens with zero attached hydrogens (tertiary/aromatic N) is 1. The van der Waals surface area contributed by atoms with Gasteiger partial charge in [0.25, 0.3) is 0 Å². The first-order chi connectivity index (χ1) is 39.0. The molecule has 0 saturated heterocycles. The Hall–Kier alpha value is -1.80. The second-order valence-corrected chi connectivity index (χ2v) is 26.3. The van der Waals surface area contributed by atoms with E-state index in [1.807, 2.05) is 27.2 Å². The van der Waals surface area contributed by atoms with E-state index in [9.17, 15) is 19.4 Å². The van der Waals surface area contributed by atoms with Crippen LogP contribution in [-0.4, -0.2) is 73.4 Å². The van der Waals surface area contributed by atoms with Crippen LogP contribution in [0.2, 0.25) is 0 Å². The number of amides is 1. The molecule has 0 saturated carbocycles. The maximum Gasteiger partial charge on any atom is 0.472 e. The van der Waals surface area contributed by atoms with Crippen molar-refractivity contribution in [3.05, 3.63) is 60.8 Å². The van der Waals surface area contributed by atoms with Gasteiger partial charge in [0.1, 0.15) is 13.2 Å². The van der Waals surface area contributed by atoms with Crippen LogP contribution < -0.4 is 5.32 Å². The number of carbonyl (C=O) groups is 1. The lowest BCUT2D eigenvalue weighted by molar-refractivity contribution is -0.870. The summed E-state index contributed by atoms with van der Waals surface area (Å²) in [5.74, 6) is -0.188. The van der Waals surface area contributed by atoms with Gasteiger partial charge in [0.15, 0.2) is 0 Å². The quantitative estimate of drug-likeness (QED) is 0.0243. The predicted octanol–water partition coefficient (Wildman–Crippen LogP) is 22.0. The zero-order valence-corrected chi connectivity index (χ0v) is 54.7. The molecule has 8 nitrogen and oxygen atoms in total. The molecule has 0 aliphatic carbocycles. The number of allylic oxidation sites excluding steroid dienone is 9. The second-order valence-electron chi connectivity index (χ2n) is 24.9. The molecule has 0 fully saturated rings. The summed E-state index contributed by atoms with van der Waals surface area (Å²) in [7, 11) is 1.55. The van der Waals surface area contributed by atoms with Crippen LogP contribution in [0.3, 0.4) is 0 Å². The SMILES string of the molecule is CCCCCCC/C=C\C/C=C\CCCCCCCCCCCCCCCCCC(=O)NC(COP(=O)(O)OCC[N+](C)(C)C)C(O)/C=C/CC/C=C/CC/C=C/CCCCCCCCCCCCCCCCCCCCCCC. The zero-order valence-electron chi connectivity index (χ0n) is 53.8. The Morgan fingerprint density at radius 3 is 1.07 bits per heavy atom. The fourth-order valence-electron chi connectivity index (χ4n) is 10.3. The van der Waals surface area contributed by atoms with E-state index in [0.29, 0.717) is 17.4 Å². The van der Waals surface area contributed by atoms with E-state index in [-0.39, 0.29) is 19.1 Å². The molecule has 3 N–H and O–H groups in total. The zero-order chi connectivity index (χ0) is 58.4. The Morgan fingerprint density at radius 2 is 0.725 bits per heavy atom. The summed E-state index contributed by atoms with van der Waals surface area (Å²) in [6.07, 6.45) is 85.2. The lowest BCUT2D eigenvalue weighted by atomic mass is 10.0. The van der Waals surface area contributed by atoms with Gasteiger partial charge < -0.3 is 19.8 Å². The molecule has 0 spiro atoms. The van der Waals surface area contributed by atoms with E-state index in [2.05, 4.69) is 67.8 Å². The molecule has 3 unspecified atom stereocenters. The van der Waals surface area contributed by atoms with Crippen LogP contribution in [0.25, 0.3) is 0 Å². The lowest BCUT2D eigenvalue weighted by Gasteiger charge is -2.25. The summed E-state index contributed by atoms with van der Waals surface area (Å²) < 4.78 is 23.8. The third-order valence-corrected chi connectivity index (χ3v) is 16.7. The normalized spacial score (nSPS) is 14.0. The number of carbonyl (C=O) groups excluding carboxylic acids is 1. The average molecular weight is 1140 g/mol. The Bertz CT molecular complexity index is 1490. The molecule has 0 aromatic rings. The van der Waals surface area contributed by atoms with Crippen LogP contribution in [0.4, 0.5) is 0 Å². The van der Waals surface area contributed by atoms with Gasteiger partial charge in [-0.25, -0.2) is 4.57 Å². The van der Waals surface area contributed by atoms with Crippen LogP contribution in [0.15, 0.2) is 60.8 Å². The molecule has 0 bridgehead atoms. The van der Waals surface area contributed by atoms with E-state index in [1.54, 1.807) is 6.08 Å². The van der Waals surface area contributed by atoms with Crippen molar-refractivity contribution < 1.29 is 32.9 Å². The molecular weight excluding hydrogens is 1010 g/mol. The molecule has 0 aromatic heterocycles. The maximum atomic E-state index is 13.0. The smallest absolute Gasteiger partial charge is 0.387 e. The van der Waals surface area contributed by atoms with Crippen molar-refractivity contribution >= 4 is 13.7 Å². The highest BCUT2D eigenvalue weighted by Crippen LogP contribution is 2.43. The van der Waals surface area contributed by atoms with Gasteiger partial charge in [-0.1, -0.05) is 312 Å². The molecule has 470 valence electrons. The van der Waals surface area contributed by atoms with Crippen LogP contribution in [0.5, 0.6) is 0 Å². The van der Waals surface area contributed by atoms with Crippen molar-refractivity contribution in [1.29, 1.82) is 0 Å². The van der Waals surface area contributed by atoms with Crippen molar-refractivity contribution in [2.45, 2.75) is 347 Å². The standard InChI is InChI=1S/C71H135N2O6P/c1-6-8-10-12-14-16-18-20-22-24-26-28-30-32-34-35-36-37-39-40-42-44-46-48-50-52-54-56-58-60-62-64-70(74)69(68-79-80(76,77)78-67-66-73(3,4)5)72-71(75)65-63-61-59-57-55-53-51-49-47-45-43-41-38-33-31-29-27-25-23-21-19-17-15-13-11-9-7-2/h19,21,25,27,46,48,54,56,62,64,69-70,74H,6-18,20,22-24,26,28-45,47,49-53,55,57-61,63,65-68H2,1-5H3,(H-,72,75,76,77)/p+1/b21-19-,27-25-,48-46+,56-54+,64-62+. The number of likely N-dealkylation sites (N-methyl/N-ethyl adjacent to an activating group) is 1. The third kappa shape index (κ3) is 63.8. The number of rotatable bonds is 64. The summed E-state index contributed by atoms with van der Waals surface area (Å²) in [6.45, 7) is 4.82. The number of aliphatic hydroxyl groups is 1. The van der Waals surface area contributed by atoms with E-state index >= 15 is 0 Å². The fourth-order valence-corrected chi connectivity index (χ4v) is 11.0. The number of aliphatic hydroxyl groups excluding tert-OH is 1. The first kappa shape index (κ1) is 78.2. The largest absolute Gasteiger partial charge is 0.472 e. The van der Waals surface area contributed by atoms with Crippen molar-refractivity contribution in [2.75, 3.05) is 40.9 Å². The van der Waals surface area contributed by atoms with Gasteiger partial charge in [-0.3, -0.25) is 13.8 Å². The molecule has 0 aromatic carbocycles. The Labute approximate surface area is 498 Å². The molecule has 80 heavy (non-hydrogen) atoms. The molecule has 1 amide bonds. The molecule has 0 rings (SSSR count). The summed E-state index contributed by atoms with van der Waals surface area (Å²) in [5, 5.41) is 14.0. The highest BCUT2D eigenvalue weighted by Gasteiger charge is 2.28. The number of hydrogen-bond acceptors (Lipinski definition) is 5. The Balaban J connectivity index is 4.14. The Morgan fingerprint density at radius 1 is 0.425 bits per heavy atom. The minimum Gasteiger partial charge on any atom is -0.387 e. The van der Waals surface area contributed by atoms with E-state index in [4.69, 9.17) is 9.05 Å². The topological polar surface area (TPSA) is 105 Å². The molecular formula is C71H136N2O6P+. The molecule has 0 radical (unpaired) electrons. The fraction of sp³-hybridized carbons (Fsp3) is 0.845. The van der Waals surface area contributed by atoms with Crippen LogP contribution in [0.1, 0.15) is 335 Å². The number of hydrogen-bond donors (Lipinski definition) is 3. The summed E-state index contributed by atoms with van der Waals surface area (Å²) in [4.78, 5) is 23.4. The van der Waals surface area contributed by atoms with Crippen molar-refractivity contribution in [1.82, 2.24) is 5.32 Å². The Kier molecular flexibility index (Phi) is 60.4. The highest BCUT2D eigenvalue weighted by atomic mass is 31.2. The van der Waals surface area contributed by atoms with Gasteiger partial charge >= 0.3 is 7.82 Å². The van der Waals surface area contributed by atoms with Crippen LogP contribution >= 0.6 is 7.82 Å². The van der Waals surface area contributed by atoms with E-state index in [0.717, 1.165) is 51.4 Å². The van der Waals surface area contributed by atoms with Gasteiger partial charge in [-0.05, 0) is 77.0 Å². The summed E-state index contributed by atoms with van der Waals surface area (Å²) in [5.41, 5.74) is 0. The predicted molar refractivity (Wildman–Crippen MR) is 350 cm³/mol. The monoisotopic (exact) mass is 1140 g/mol. The van der Waals surface area contributed by atoms with E-state index in [1.165, 1.54) is 263 Å². The van der Waals surface area contributed by atoms with Gasteiger partial charge in [0.2, 0.25) is 5.91 Å². The van der Waals surface area contributed by atoms with Crippen LogP contribution in [0, 0.1) is 0 Å².